The molecular weight excluding hydrogens is 247 g/mol. The molecule has 0 saturated carbocycles. The second kappa shape index (κ2) is 4.35. The Balaban J connectivity index is 2.00. The summed E-state index contributed by atoms with van der Waals surface area (Å²) in [4.78, 5) is 27.5. The fourth-order valence-corrected chi connectivity index (χ4v) is 2.30. The highest BCUT2D eigenvalue weighted by Crippen LogP contribution is 2.29. The molecule has 0 fully saturated rings. The summed E-state index contributed by atoms with van der Waals surface area (Å²) in [7, 11) is 0. The molecular formula is C14H11FN2O2. The highest BCUT2D eigenvalue weighted by molar-refractivity contribution is 6.07. The molecule has 0 unspecified atom stereocenters. The van der Waals surface area contributed by atoms with E-state index in [-0.39, 0.29) is 17.3 Å². The van der Waals surface area contributed by atoms with E-state index in [1.54, 1.807) is 12.1 Å². The normalized spacial score (nSPS) is 13.4. The number of carbonyl (C=O) groups excluding carboxylic acids is 1. The van der Waals surface area contributed by atoms with Crippen LogP contribution in [0.3, 0.4) is 0 Å². The van der Waals surface area contributed by atoms with Gasteiger partial charge in [-0.15, -0.1) is 0 Å². The maximum atomic E-state index is 13.3. The van der Waals surface area contributed by atoms with Crippen LogP contribution in [-0.4, -0.2) is 17.4 Å². The summed E-state index contributed by atoms with van der Waals surface area (Å²) >= 11 is 0. The minimum Gasteiger partial charge on any atom is -0.329 e. The lowest BCUT2D eigenvalue weighted by Crippen LogP contribution is -2.29. The van der Waals surface area contributed by atoms with Crippen molar-refractivity contribution in [3.63, 3.8) is 0 Å². The third-order valence-electron chi connectivity index (χ3n) is 3.21. The van der Waals surface area contributed by atoms with Gasteiger partial charge in [0.2, 0.25) is 5.56 Å². The summed E-state index contributed by atoms with van der Waals surface area (Å²) in [5.74, 6) is -0.653. The Kier molecular flexibility index (Phi) is 2.67. The quantitative estimate of drug-likeness (QED) is 0.846. The summed E-state index contributed by atoms with van der Waals surface area (Å²) < 4.78 is 13.3. The van der Waals surface area contributed by atoms with Crippen molar-refractivity contribution in [2.45, 2.75) is 6.42 Å². The number of carbonyl (C=O) groups is 1. The molecule has 1 aliphatic rings. The first-order valence-corrected chi connectivity index (χ1v) is 5.94. The van der Waals surface area contributed by atoms with E-state index >= 15 is 0 Å². The third-order valence-corrected chi connectivity index (χ3v) is 3.21. The number of amides is 1. The van der Waals surface area contributed by atoms with E-state index in [1.165, 1.54) is 29.3 Å². The van der Waals surface area contributed by atoms with E-state index in [4.69, 9.17) is 0 Å². The molecule has 2 heterocycles. The van der Waals surface area contributed by atoms with Crippen molar-refractivity contribution in [3.8, 4) is 0 Å². The lowest BCUT2D eigenvalue weighted by molar-refractivity contribution is 0.0989. The average Bonchev–Trinajstić information content (AvgIpc) is 2.80. The zero-order valence-electron chi connectivity index (χ0n) is 10.0. The van der Waals surface area contributed by atoms with Crippen LogP contribution in [0.5, 0.6) is 0 Å². The number of halogens is 1. The second-order valence-electron chi connectivity index (χ2n) is 4.42. The molecule has 0 aliphatic carbocycles. The Morgan fingerprint density at radius 3 is 2.89 bits per heavy atom. The number of nitrogens with one attached hydrogen (secondary N) is 1. The Labute approximate surface area is 108 Å². The standard InChI is InChI=1S/C14H11FN2O2/c15-11-2-1-9-4-6-17(12(9)8-11)14(19)10-3-5-16-13(18)7-10/h1-3,5,7-8H,4,6H2,(H,16,18). The van der Waals surface area contributed by atoms with Gasteiger partial charge in [0.05, 0.1) is 5.69 Å². The molecule has 5 heteroatoms. The van der Waals surface area contributed by atoms with E-state index in [0.717, 1.165) is 5.56 Å². The molecule has 96 valence electrons. The first-order valence-electron chi connectivity index (χ1n) is 5.94. The number of pyridine rings is 1. The van der Waals surface area contributed by atoms with Crippen molar-refractivity contribution in [2.24, 2.45) is 0 Å². The fourth-order valence-electron chi connectivity index (χ4n) is 2.30. The summed E-state index contributed by atoms with van der Waals surface area (Å²) in [6.45, 7) is 0.504. The summed E-state index contributed by atoms with van der Waals surface area (Å²) in [5.41, 5.74) is 1.51. The molecule has 0 bridgehead atoms. The molecule has 19 heavy (non-hydrogen) atoms. The van der Waals surface area contributed by atoms with Crippen LogP contribution in [0.25, 0.3) is 0 Å². The van der Waals surface area contributed by atoms with Gasteiger partial charge in [0, 0.05) is 24.4 Å². The maximum absolute atomic E-state index is 13.3. The number of hydrogen-bond acceptors (Lipinski definition) is 2. The number of nitrogens with zero attached hydrogens (tertiary/aromatic N) is 1. The molecule has 2 aromatic rings. The number of fused-ring (bicyclic) bond motifs is 1. The first-order chi connectivity index (χ1) is 9.15. The largest absolute Gasteiger partial charge is 0.329 e. The van der Waals surface area contributed by atoms with Crippen LogP contribution in [-0.2, 0) is 6.42 Å². The lowest BCUT2D eigenvalue weighted by Gasteiger charge is -2.17. The summed E-state index contributed by atoms with van der Waals surface area (Å²) in [6, 6.07) is 7.23. The molecule has 0 saturated heterocycles. The number of anilines is 1. The monoisotopic (exact) mass is 258 g/mol. The van der Waals surface area contributed by atoms with Crippen molar-refractivity contribution in [2.75, 3.05) is 11.4 Å². The van der Waals surface area contributed by atoms with Crippen molar-refractivity contribution >= 4 is 11.6 Å². The zero-order valence-corrected chi connectivity index (χ0v) is 10.0. The number of aromatic nitrogens is 1. The molecule has 1 aromatic carbocycles. The van der Waals surface area contributed by atoms with Crippen molar-refractivity contribution in [1.82, 2.24) is 4.98 Å². The van der Waals surface area contributed by atoms with E-state index in [2.05, 4.69) is 4.98 Å². The van der Waals surface area contributed by atoms with Gasteiger partial charge in [0.25, 0.3) is 5.91 Å². The summed E-state index contributed by atoms with van der Waals surface area (Å²) in [6.07, 6.45) is 2.13. The number of aromatic amines is 1. The van der Waals surface area contributed by atoms with Gasteiger partial charge in [-0.25, -0.2) is 4.39 Å². The third kappa shape index (κ3) is 2.03. The molecule has 1 N–H and O–H groups in total. The van der Waals surface area contributed by atoms with Crippen LogP contribution >= 0.6 is 0 Å². The van der Waals surface area contributed by atoms with E-state index in [0.29, 0.717) is 24.2 Å². The Morgan fingerprint density at radius 1 is 1.26 bits per heavy atom. The molecule has 1 aliphatic heterocycles. The van der Waals surface area contributed by atoms with E-state index < -0.39 is 0 Å². The molecule has 0 radical (unpaired) electrons. The van der Waals surface area contributed by atoms with Crippen LogP contribution in [0.15, 0.2) is 41.3 Å². The second-order valence-corrected chi connectivity index (χ2v) is 4.42. The van der Waals surface area contributed by atoms with Gasteiger partial charge >= 0.3 is 0 Å². The lowest BCUT2D eigenvalue weighted by atomic mass is 10.1. The Bertz CT molecular complexity index is 709. The van der Waals surface area contributed by atoms with Gasteiger partial charge in [0.15, 0.2) is 0 Å². The average molecular weight is 258 g/mol. The Morgan fingerprint density at radius 2 is 2.11 bits per heavy atom. The predicted octanol–water partition coefficient (Wildman–Crippen LogP) is 1.72. The molecule has 0 atom stereocenters. The molecule has 1 amide bonds. The summed E-state index contributed by atoms with van der Waals surface area (Å²) in [5, 5.41) is 0. The van der Waals surface area contributed by atoms with E-state index in [9.17, 15) is 14.0 Å². The van der Waals surface area contributed by atoms with Gasteiger partial charge < -0.3 is 9.88 Å². The number of rotatable bonds is 1. The van der Waals surface area contributed by atoms with Crippen LogP contribution in [0.4, 0.5) is 10.1 Å². The maximum Gasteiger partial charge on any atom is 0.258 e. The van der Waals surface area contributed by atoms with Gasteiger partial charge in [-0.3, -0.25) is 9.59 Å². The number of benzene rings is 1. The van der Waals surface area contributed by atoms with Crippen LogP contribution in [0, 0.1) is 5.82 Å². The van der Waals surface area contributed by atoms with Crippen LogP contribution < -0.4 is 10.5 Å². The molecule has 0 spiro atoms. The van der Waals surface area contributed by atoms with Gasteiger partial charge in [-0.1, -0.05) is 6.07 Å². The number of H-pyrrole nitrogens is 1. The van der Waals surface area contributed by atoms with Crippen molar-refractivity contribution in [3.05, 3.63) is 63.8 Å². The number of hydrogen-bond donors (Lipinski definition) is 1. The molecule has 1 aromatic heterocycles. The Hall–Kier alpha value is -2.43. The first kappa shape index (κ1) is 11.6. The molecule has 4 nitrogen and oxygen atoms in total. The SMILES string of the molecule is O=C(c1cc[nH]c(=O)c1)N1CCc2ccc(F)cc21. The fraction of sp³-hybridized carbons (Fsp3) is 0.143. The molecule has 3 rings (SSSR count). The predicted molar refractivity (Wildman–Crippen MR) is 68.8 cm³/mol. The van der Waals surface area contributed by atoms with E-state index in [1.807, 2.05) is 0 Å². The van der Waals surface area contributed by atoms with Crippen LogP contribution in [0.2, 0.25) is 0 Å². The minimum absolute atomic E-state index is 0.282. The van der Waals surface area contributed by atoms with Crippen molar-refractivity contribution < 1.29 is 9.18 Å². The topological polar surface area (TPSA) is 53.2 Å². The van der Waals surface area contributed by atoms with Gasteiger partial charge in [-0.2, -0.15) is 0 Å². The van der Waals surface area contributed by atoms with Gasteiger partial charge in [0.1, 0.15) is 5.82 Å². The van der Waals surface area contributed by atoms with Crippen LogP contribution in [0.1, 0.15) is 15.9 Å². The minimum atomic E-state index is -0.371. The van der Waals surface area contributed by atoms with Gasteiger partial charge in [-0.05, 0) is 30.2 Å². The zero-order chi connectivity index (χ0) is 13.4. The highest BCUT2D eigenvalue weighted by atomic mass is 19.1. The van der Waals surface area contributed by atoms with Crippen molar-refractivity contribution in [1.29, 1.82) is 0 Å². The smallest absolute Gasteiger partial charge is 0.258 e. The highest BCUT2D eigenvalue weighted by Gasteiger charge is 2.26.